The molecule has 11 nitrogen and oxygen atoms in total. The average Bonchev–Trinajstić information content (AvgIpc) is 3.20. The number of aromatic nitrogens is 2. The monoisotopic (exact) mass is 641 g/mol. The van der Waals surface area contributed by atoms with Crippen LogP contribution in [0, 0.1) is 5.92 Å². The van der Waals surface area contributed by atoms with Crippen molar-refractivity contribution in [2.75, 3.05) is 26.6 Å². The van der Waals surface area contributed by atoms with Crippen molar-refractivity contribution in [1.29, 1.82) is 0 Å². The van der Waals surface area contributed by atoms with Gasteiger partial charge in [0.25, 0.3) is 0 Å². The van der Waals surface area contributed by atoms with Gasteiger partial charge in [-0.25, -0.2) is 4.98 Å². The summed E-state index contributed by atoms with van der Waals surface area (Å²) < 4.78 is 19.2. The van der Waals surface area contributed by atoms with Gasteiger partial charge in [0, 0.05) is 19.5 Å². The third kappa shape index (κ3) is 6.61. The summed E-state index contributed by atoms with van der Waals surface area (Å²) in [5, 5.41) is 9.33. The second-order valence-electron chi connectivity index (χ2n) is 11.9. The summed E-state index contributed by atoms with van der Waals surface area (Å²) in [6.45, 7) is 5.68. The van der Waals surface area contributed by atoms with Crippen molar-refractivity contribution in [2.45, 2.75) is 58.7 Å². The molecule has 11 heteroatoms. The smallest absolute Gasteiger partial charge is 0.243 e. The molecule has 0 radical (unpaired) electrons. The van der Waals surface area contributed by atoms with Crippen LogP contribution in [0.5, 0.6) is 17.2 Å². The topological polar surface area (TPSA) is 133 Å². The van der Waals surface area contributed by atoms with Gasteiger partial charge in [0.05, 0.1) is 50.6 Å². The number of carbonyl (C=O) groups excluding carboxylic acids is 2. The van der Waals surface area contributed by atoms with Crippen molar-refractivity contribution in [3.63, 3.8) is 0 Å². The van der Waals surface area contributed by atoms with Gasteiger partial charge in [0.1, 0.15) is 11.9 Å². The summed E-state index contributed by atoms with van der Waals surface area (Å²) in [4.78, 5) is 44.6. The number of fused-ring (bicyclic) bond motifs is 4. The van der Waals surface area contributed by atoms with E-state index in [0.717, 1.165) is 28.0 Å². The Hall–Kier alpha value is -5.06. The fraction of sp³-hybridized carbons (Fsp3) is 0.389. The lowest BCUT2D eigenvalue weighted by atomic mass is 9.95. The Morgan fingerprint density at radius 3 is 2.45 bits per heavy atom. The number of anilines is 1. The highest BCUT2D eigenvalue weighted by molar-refractivity contribution is 5.86. The normalized spacial score (nSPS) is 15.0. The molecule has 0 unspecified atom stereocenters. The molecule has 3 atom stereocenters. The van der Waals surface area contributed by atoms with Gasteiger partial charge in [-0.15, -0.1) is 0 Å². The van der Waals surface area contributed by atoms with Gasteiger partial charge in [-0.3, -0.25) is 14.4 Å². The lowest BCUT2D eigenvalue weighted by Crippen LogP contribution is -2.44. The van der Waals surface area contributed by atoms with E-state index in [2.05, 4.69) is 20.9 Å². The average molecular weight is 642 g/mol. The minimum Gasteiger partial charge on any atom is -0.493 e. The molecule has 47 heavy (non-hydrogen) atoms. The third-order valence-corrected chi connectivity index (χ3v) is 9.02. The Kier molecular flexibility index (Phi) is 10.0. The first kappa shape index (κ1) is 33.3. The molecular weight excluding hydrogens is 598 g/mol. The first-order valence-corrected chi connectivity index (χ1v) is 15.8. The van der Waals surface area contributed by atoms with E-state index in [1.165, 1.54) is 6.92 Å². The number of aryl methyl sites for hydroxylation is 2. The van der Waals surface area contributed by atoms with E-state index < -0.39 is 12.1 Å². The Morgan fingerprint density at radius 2 is 1.79 bits per heavy atom. The van der Waals surface area contributed by atoms with E-state index in [4.69, 9.17) is 14.2 Å². The van der Waals surface area contributed by atoms with Crippen LogP contribution in [0.2, 0.25) is 0 Å². The molecule has 0 spiro atoms. The van der Waals surface area contributed by atoms with E-state index in [0.29, 0.717) is 47.6 Å². The van der Waals surface area contributed by atoms with Gasteiger partial charge < -0.3 is 34.7 Å². The van der Waals surface area contributed by atoms with Crippen LogP contribution in [0.3, 0.4) is 0 Å². The molecule has 5 rings (SSSR count). The molecule has 1 aromatic heterocycles. The van der Waals surface area contributed by atoms with Crippen LogP contribution in [0.15, 0.2) is 53.3 Å². The van der Waals surface area contributed by atoms with Gasteiger partial charge in [-0.05, 0) is 65.8 Å². The molecule has 0 fully saturated rings. The summed E-state index contributed by atoms with van der Waals surface area (Å²) in [7, 11) is 6.60. The molecule has 2 amide bonds. The lowest BCUT2D eigenvalue weighted by molar-refractivity contribution is -0.123. The van der Waals surface area contributed by atoms with Crippen molar-refractivity contribution in [3.05, 3.63) is 75.7 Å². The van der Waals surface area contributed by atoms with Crippen LogP contribution in [0.1, 0.15) is 56.6 Å². The maximum atomic E-state index is 13.9. The van der Waals surface area contributed by atoms with Gasteiger partial charge in [0.2, 0.25) is 23.0 Å². The number of nitrogens with one attached hydrogen (secondary N) is 3. The second kappa shape index (κ2) is 14.1. The Balaban J connectivity index is 1.55. The predicted octanol–water partition coefficient (Wildman–Crippen LogP) is 4.89. The lowest BCUT2D eigenvalue weighted by Gasteiger charge is -2.24. The fourth-order valence-electron chi connectivity index (χ4n) is 6.33. The van der Waals surface area contributed by atoms with Crippen molar-refractivity contribution in [3.8, 4) is 28.4 Å². The molecule has 1 aliphatic carbocycles. The zero-order chi connectivity index (χ0) is 33.8. The largest absolute Gasteiger partial charge is 0.493 e. The number of imidazole rings is 1. The van der Waals surface area contributed by atoms with Crippen molar-refractivity contribution in [1.82, 2.24) is 20.2 Å². The number of nitrogens with zero attached hydrogens (tertiary/aromatic N) is 2. The van der Waals surface area contributed by atoms with Crippen molar-refractivity contribution < 1.29 is 23.8 Å². The van der Waals surface area contributed by atoms with Crippen LogP contribution in [0.25, 0.3) is 22.2 Å². The number of benzene rings is 2. The molecule has 0 saturated heterocycles. The maximum absolute atomic E-state index is 13.9. The third-order valence-electron chi connectivity index (χ3n) is 9.02. The summed E-state index contributed by atoms with van der Waals surface area (Å²) in [5.41, 5.74) is 4.85. The van der Waals surface area contributed by atoms with Crippen molar-refractivity contribution >= 4 is 28.5 Å². The summed E-state index contributed by atoms with van der Waals surface area (Å²) in [5.74, 6) is 1.61. The molecule has 3 aromatic carbocycles. The van der Waals surface area contributed by atoms with E-state index in [9.17, 15) is 14.4 Å². The SMILES string of the molecule is CC[C@@H](C)[C@H](Nc1ccc2c(cc1=O)[C@@H](NC(C)=O)CCc1cc(OC)c(OC)c(OC)c1-2)C(=O)NCc1nc2ccccc2n1C. The molecule has 3 N–H and O–H groups in total. The van der Waals surface area contributed by atoms with Gasteiger partial charge in [-0.1, -0.05) is 38.5 Å². The molecule has 0 aliphatic heterocycles. The molecule has 1 aliphatic rings. The standard InChI is InChI=1S/C36H43N5O6/c1-8-20(2)33(36(44)37-19-31-39-26-11-9-10-12-28(26)41(31)4)40-27-16-14-23-24(18-29(27)43)25(38-21(3)42)15-13-22-17-30(45-5)34(46-6)35(47-7)32(22)23/h9-12,14,16-18,20,25,33H,8,13,15,19H2,1-7H3,(H,37,44)(H,38,42)(H,40,43)/t20-,25+,33+/m1/s1. The van der Waals surface area contributed by atoms with Gasteiger partial charge >= 0.3 is 0 Å². The van der Waals surface area contributed by atoms with E-state index >= 15 is 0 Å². The molecule has 0 saturated carbocycles. The highest BCUT2D eigenvalue weighted by Gasteiger charge is 2.30. The Labute approximate surface area is 274 Å². The minimum absolute atomic E-state index is 0.0946. The first-order chi connectivity index (χ1) is 22.6. The number of hydrogen-bond donors (Lipinski definition) is 3. The van der Waals surface area contributed by atoms with Gasteiger partial charge in [0.15, 0.2) is 11.5 Å². The first-order valence-electron chi connectivity index (χ1n) is 15.8. The maximum Gasteiger partial charge on any atom is 0.243 e. The van der Waals surface area contributed by atoms with E-state index in [1.54, 1.807) is 33.5 Å². The minimum atomic E-state index is -0.693. The second-order valence-corrected chi connectivity index (χ2v) is 11.9. The number of rotatable bonds is 11. The van der Waals surface area contributed by atoms with Crippen molar-refractivity contribution in [2.24, 2.45) is 13.0 Å². The van der Waals surface area contributed by atoms with E-state index in [1.807, 2.05) is 61.9 Å². The zero-order valence-electron chi connectivity index (χ0n) is 28.0. The number of methoxy groups -OCH3 is 3. The molecular formula is C36H43N5O6. The van der Waals surface area contributed by atoms with Crippen LogP contribution >= 0.6 is 0 Å². The molecule has 0 bridgehead atoms. The number of carbonyl (C=O) groups is 2. The molecule has 4 aromatic rings. The van der Waals surface area contributed by atoms with E-state index in [-0.39, 0.29) is 35.4 Å². The molecule has 248 valence electrons. The van der Waals surface area contributed by atoms with Gasteiger partial charge in [-0.2, -0.15) is 0 Å². The predicted molar refractivity (Wildman–Crippen MR) is 182 cm³/mol. The van der Waals surface area contributed by atoms with Crippen LogP contribution in [0.4, 0.5) is 5.69 Å². The summed E-state index contributed by atoms with van der Waals surface area (Å²) in [6.07, 6.45) is 1.85. The highest BCUT2D eigenvalue weighted by atomic mass is 16.5. The Morgan fingerprint density at radius 1 is 1.04 bits per heavy atom. The number of amides is 2. The van der Waals surface area contributed by atoms with Crippen LogP contribution < -0.4 is 35.6 Å². The number of ether oxygens (including phenoxy) is 3. The van der Waals surface area contributed by atoms with Crippen LogP contribution in [-0.4, -0.2) is 48.7 Å². The fourth-order valence-corrected chi connectivity index (χ4v) is 6.33. The number of hydrogen-bond acceptors (Lipinski definition) is 8. The Bertz CT molecular complexity index is 1870. The van der Waals surface area contributed by atoms with Crippen LogP contribution in [-0.2, 0) is 29.6 Å². The summed E-state index contributed by atoms with van der Waals surface area (Å²) >= 11 is 0. The zero-order valence-corrected chi connectivity index (χ0v) is 28.0. The highest BCUT2D eigenvalue weighted by Crippen LogP contribution is 2.50. The molecule has 1 heterocycles. The quantitative estimate of drug-likeness (QED) is 0.211. The summed E-state index contributed by atoms with van der Waals surface area (Å²) in [6, 6.07) is 13.7. The number of para-hydroxylation sites is 2.